The van der Waals surface area contributed by atoms with Crippen molar-refractivity contribution in [2.45, 2.75) is 77.5 Å². The molecule has 3 atom stereocenters. The predicted molar refractivity (Wildman–Crippen MR) is 125 cm³/mol. The quantitative estimate of drug-likeness (QED) is 0.531. The van der Waals surface area contributed by atoms with Crippen molar-refractivity contribution in [1.29, 1.82) is 5.26 Å². The summed E-state index contributed by atoms with van der Waals surface area (Å²) in [5.74, 6) is -0.575. The summed E-state index contributed by atoms with van der Waals surface area (Å²) >= 11 is 0. The zero-order valence-corrected chi connectivity index (χ0v) is 20.1. The Morgan fingerprint density at radius 2 is 1.97 bits per heavy atom. The summed E-state index contributed by atoms with van der Waals surface area (Å²) < 4.78 is 6.58. The standard InChI is InChI=1S/C24H33N5O5/c1-14-8-10-29(22(32)19(14)28-23(33)34-24(2,3)4)18(11-15-5-6-15)21(31)27-17(13-25)12-16-7-9-26-20(16)30/h8,10,15-18H,5-7,9,11-12H2,1-4H3,(H,26,30)(H,27,31)(H,28,33). The van der Waals surface area contributed by atoms with E-state index in [1.165, 1.54) is 10.8 Å². The third-order valence-electron chi connectivity index (χ3n) is 6.00. The molecule has 0 radical (unpaired) electrons. The van der Waals surface area contributed by atoms with Crippen molar-refractivity contribution in [3.8, 4) is 6.07 Å². The fourth-order valence-corrected chi connectivity index (χ4v) is 4.03. The van der Waals surface area contributed by atoms with Crippen LogP contribution >= 0.6 is 0 Å². The number of aryl methyl sites for hydroxylation is 1. The van der Waals surface area contributed by atoms with Crippen LogP contribution in [0, 0.1) is 30.1 Å². The molecular weight excluding hydrogens is 438 g/mol. The molecule has 1 aromatic heterocycles. The van der Waals surface area contributed by atoms with Gasteiger partial charge in [0.05, 0.1) is 6.07 Å². The number of nitrogens with one attached hydrogen (secondary N) is 3. The van der Waals surface area contributed by atoms with E-state index in [-0.39, 0.29) is 23.9 Å². The van der Waals surface area contributed by atoms with Gasteiger partial charge in [-0.1, -0.05) is 12.8 Å². The lowest BCUT2D eigenvalue weighted by molar-refractivity contribution is -0.126. The van der Waals surface area contributed by atoms with E-state index >= 15 is 0 Å². The Balaban J connectivity index is 1.82. The summed E-state index contributed by atoms with van der Waals surface area (Å²) in [7, 11) is 0. The Bertz CT molecular complexity index is 1050. The van der Waals surface area contributed by atoms with Crippen LogP contribution in [0.25, 0.3) is 0 Å². The maximum absolute atomic E-state index is 13.3. The molecule has 2 aliphatic rings. The van der Waals surface area contributed by atoms with Gasteiger partial charge in [0, 0.05) is 18.7 Å². The van der Waals surface area contributed by atoms with Gasteiger partial charge in [-0.15, -0.1) is 0 Å². The van der Waals surface area contributed by atoms with Gasteiger partial charge in [0.25, 0.3) is 5.56 Å². The minimum Gasteiger partial charge on any atom is -0.444 e. The molecule has 2 heterocycles. The molecule has 0 spiro atoms. The van der Waals surface area contributed by atoms with E-state index in [0.717, 1.165) is 12.8 Å². The summed E-state index contributed by atoms with van der Waals surface area (Å²) in [6.07, 6.45) is 4.01. The van der Waals surface area contributed by atoms with Crippen LogP contribution in [0.5, 0.6) is 0 Å². The largest absolute Gasteiger partial charge is 0.444 e. The van der Waals surface area contributed by atoms with Crippen LogP contribution in [0.2, 0.25) is 0 Å². The van der Waals surface area contributed by atoms with Crippen LogP contribution in [-0.2, 0) is 14.3 Å². The number of nitrogens with zero attached hydrogens (tertiary/aromatic N) is 2. The van der Waals surface area contributed by atoms with Crippen LogP contribution in [0.15, 0.2) is 17.1 Å². The summed E-state index contributed by atoms with van der Waals surface area (Å²) in [5, 5.41) is 17.5. The van der Waals surface area contributed by atoms with E-state index in [4.69, 9.17) is 4.74 Å². The number of ether oxygens (including phenoxy) is 1. The van der Waals surface area contributed by atoms with Crippen molar-refractivity contribution in [2.24, 2.45) is 11.8 Å². The average Bonchev–Trinajstić information content (AvgIpc) is 3.48. The fraction of sp³-hybridized carbons (Fsp3) is 0.625. The second-order valence-corrected chi connectivity index (χ2v) is 10.1. The molecule has 34 heavy (non-hydrogen) atoms. The fourth-order valence-electron chi connectivity index (χ4n) is 4.03. The number of pyridine rings is 1. The van der Waals surface area contributed by atoms with Gasteiger partial charge in [0.15, 0.2) is 0 Å². The summed E-state index contributed by atoms with van der Waals surface area (Å²) in [4.78, 5) is 50.7. The molecule has 3 N–H and O–H groups in total. The predicted octanol–water partition coefficient (Wildman–Crippen LogP) is 2.38. The van der Waals surface area contributed by atoms with Gasteiger partial charge in [-0.3, -0.25) is 19.7 Å². The zero-order chi connectivity index (χ0) is 25.0. The first-order valence-electron chi connectivity index (χ1n) is 11.7. The molecule has 184 valence electrons. The van der Waals surface area contributed by atoms with Crippen LogP contribution in [0.3, 0.4) is 0 Å². The Morgan fingerprint density at radius 3 is 2.53 bits per heavy atom. The van der Waals surface area contributed by atoms with Crippen LogP contribution in [0.4, 0.5) is 10.5 Å². The van der Waals surface area contributed by atoms with Crippen LogP contribution in [0.1, 0.15) is 64.5 Å². The van der Waals surface area contributed by atoms with Crippen molar-refractivity contribution in [2.75, 3.05) is 11.9 Å². The number of nitriles is 1. The maximum atomic E-state index is 13.3. The van der Waals surface area contributed by atoms with Crippen LogP contribution in [-0.4, -0.2) is 40.7 Å². The molecule has 3 amide bonds. The molecule has 2 fully saturated rings. The molecule has 0 aromatic carbocycles. The Hall–Kier alpha value is -3.35. The van der Waals surface area contributed by atoms with Crippen molar-refractivity contribution < 1.29 is 19.1 Å². The maximum Gasteiger partial charge on any atom is 0.412 e. The minimum atomic E-state index is -0.844. The number of hydrogen-bond donors (Lipinski definition) is 3. The van der Waals surface area contributed by atoms with E-state index in [1.807, 2.05) is 0 Å². The third-order valence-corrected chi connectivity index (χ3v) is 6.00. The highest BCUT2D eigenvalue weighted by Gasteiger charge is 2.34. The molecule has 10 nitrogen and oxygen atoms in total. The van der Waals surface area contributed by atoms with Crippen molar-refractivity contribution in [1.82, 2.24) is 15.2 Å². The monoisotopic (exact) mass is 471 g/mol. The number of carbonyl (C=O) groups excluding carboxylic acids is 3. The highest BCUT2D eigenvalue weighted by atomic mass is 16.6. The number of amides is 3. The molecule has 3 rings (SSSR count). The summed E-state index contributed by atoms with van der Waals surface area (Å²) in [6.45, 7) is 7.41. The van der Waals surface area contributed by atoms with Gasteiger partial charge in [-0.2, -0.15) is 5.26 Å². The van der Waals surface area contributed by atoms with Gasteiger partial charge >= 0.3 is 6.09 Å². The summed E-state index contributed by atoms with van der Waals surface area (Å²) in [5.41, 5.74) is -0.664. The topological polar surface area (TPSA) is 142 Å². The lowest BCUT2D eigenvalue weighted by atomic mass is 9.98. The number of hydrogen-bond acceptors (Lipinski definition) is 6. The molecule has 0 bridgehead atoms. The van der Waals surface area contributed by atoms with E-state index in [0.29, 0.717) is 30.9 Å². The first-order chi connectivity index (χ1) is 16.0. The molecule has 1 aliphatic heterocycles. The van der Waals surface area contributed by atoms with Gasteiger partial charge < -0.3 is 19.9 Å². The third kappa shape index (κ3) is 6.59. The molecule has 10 heteroatoms. The van der Waals surface area contributed by atoms with Crippen molar-refractivity contribution in [3.63, 3.8) is 0 Å². The highest BCUT2D eigenvalue weighted by Crippen LogP contribution is 2.37. The SMILES string of the molecule is Cc1ccn(C(CC2CC2)C(=O)NC(C#N)CC2CCNC2=O)c(=O)c1NC(=O)OC(C)(C)C. The second-order valence-electron chi connectivity index (χ2n) is 10.1. The molecule has 1 aromatic rings. The van der Waals surface area contributed by atoms with Gasteiger partial charge in [0.1, 0.15) is 23.4 Å². The Kier molecular flexibility index (Phi) is 7.64. The molecular formula is C24H33N5O5. The van der Waals surface area contributed by atoms with E-state index in [2.05, 4.69) is 22.0 Å². The molecule has 1 saturated carbocycles. The smallest absolute Gasteiger partial charge is 0.412 e. The molecule has 3 unspecified atom stereocenters. The molecule has 1 aliphatic carbocycles. The molecule has 1 saturated heterocycles. The lowest BCUT2D eigenvalue weighted by Crippen LogP contribution is -2.43. The number of rotatable bonds is 8. The van der Waals surface area contributed by atoms with E-state index in [1.54, 1.807) is 33.8 Å². The Morgan fingerprint density at radius 1 is 1.26 bits per heavy atom. The van der Waals surface area contributed by atoms with E-state index in [9.17, 15) is 24.4 Å². The van der Waals surface area contributed by atoms with Crippen molar-refractivity contribution >= 4 is 23.6 Å². The van der Waals surface area contributed by atoms with Crippen molar-refractivity contribution in [3.05, 3.63) is 28.2 Å². The van der Waals surface area contributed by atoms with Gasteiger partial charge in [0.2, 0.25) is 11.8 Å². The van der Waals surface area contributed by atoms with E-state index < -0.39 is 35.2 Å². The first-order valence-corrected chi connectivity index (χ1v) is 11.7. The number of anilines is 1. The van der Waals surface area contributed by atoms with Gasteiger partial charge in [-0.05, 0) is 64.5 Å². The average molecular weight is 472 g/mol. The second kappa shape index (κ2) is 10.3. The summed E-state index contributed by atoms with van der Waals surface area (Å²) in [6, 6.07) is 2.04. The normalized spacial score (nSPS) is 19.5. The number of carbonyl (C=O) groups is 3. The first kappa shape index (κ1) is 25.3. The lowest BCUT2D eigenvalue weighted by Gasteiger charge is -2.24. The van der Waals surface area contributed by atoms with Crippen LogP contribution < -0.4 is 21.5 Å². The zero-order valence-electron chi connectivity index (χ0n) is 20.1. The van der Waals surface area contributed by atoms with Gasteiger partial charge in [-0.25, -0.2) is 4.79 Å². The Labute approximate surface area is 199 Å². The minimum absolute atomic E-state index is 0.0461. The number of aromatic nitrogens is 1. The highest BCUT2D eigenvalue weighted by molar-refractivity contribution is 5.86.